The summed E-state index contributed by atoms with van der Waals surface area (Å²) in [6.07, 6.45) is 1.83. The predicted molar refractivity (Wildman–Crippen MR) is 83.7 cm³/mol. The van der Waals surface area contributed by atoms with Gasteiger partial charge in [-0.1, -0.05) is 0 Å². The molecule has 0 aliphatic heterocycles. The Morgan fingerprint density at radius 2 is 1.29 bits per heavy atom. The molecule has 0 rings (SSSR count). The van der Waals surface area contributed by atoms with E-state index in [2.05, 4.69) is 5.32 Å². The van der Waals surface area contributed by atoms with Crippen LogP contribution < -0.4 is 11.1 Å². The van der Waals surface area contributed by atoms with Gasteiger partial charge in [-0.05, 0) is 19.4 Å². The van der Waals surface area contributed by atoms with E-state index >= 15 is 0 Å². The summed E-state index contributed by atoms with van der Waals surface area (Å²) in [5.74, 6) is 0. The molecular weight excluding hydrogens is 312 g/mol. The van der Waals surface area contributed by atoms with Gasteiger partial charge in [0.25, 0.3) is 0 Å². The van der Waals surface area contributed by atoms with Crippen molar-refractivity contribution >= 4 is 16.6 Å². The molecule has 0 saturated carbocycles. The quantitative estimate of drug-likeness (QED) is 0.323. The molecule has 0 unspecified atom stereocenters. The van der Waals surface area contributed by atoms with E-state index < -0.39 is 16.6 Å². The molecule has 0 aliphatic rings. The number of nitrogens with one attached hydrogen (secondary N) is 1. The summed E-state index contributed by atoms with van der Waals surface area (Å²) in [5, 5.41) is 3.23. The minimum absolute atomic E-state index is 0.489. The lowest BCUT2D eigenvalue weighted by atomic mass is 10.3. The van der Waals surface area contributed by atoms with Crippen LogP contribution in [-0.4, -0.2) is 78.4 Å². The highest BCUT2D eigenvalue weighted by atomic mass is 29.3. The molecule has 0 spiro atoms. The summed E-state index contributed by atoms with van der Waals surface area (Å²) >= 11 is 0. The maximum absolute atomic E-state index is 5.90. The first kappa shape index (κ1) is 21.1. The molecule has 3 N–H and O–H groups in total. The van der Waals surface area contributed by atoms with E-state index in [4.69, 9.17) is 32.3 Å². The maximum Gasteiger partial charge on any atom is 0.577 e. The molecule has 0 aromatic heterocycles. The molecule has 0 amide bonds. The first-order valence-corrected chi connectivity index (χ1v) is 11.4. The van der Waals surface area contributed by atoms with E-state index in [-0.39, 0.29) is 0 Å². The van der Waals surface area contributed by atoms with Crippen LogP contribution in [0.4, 0.5) is 0 Å². The predicted octanol–water partition coefficient (Wildman–Crippen LogP) is -0.480. The fourth-order valence-corrected chi connectivity index (χ4v) is 9.28. The van der Waals surface area contributed by atoms with E-state index in [1.807, 2.05) is 0 Å². The lowest BCUT2D eigenvalue weighted by Crippen LogP contribution is -2.72. The van der Waals surface area contributed by atoms with Crippen LogP contribution in [0, 0.1) is 0 Å². The molecule has 21 heavy (non-hydrogen) atoms. The van der Waals surface area contributed by atoms with Crippen molar-refractivity contribution in [1.29, 1.82) is 0 Å². The van der Waals surface area contributed by atoms with Crippen LogP contribution in [-0.2, 0) is 26.6 Å². The number of unbranched alkanes of at least 4 members (excludes halogenated alkanes) is 1. The second kappa shape index (κ2) is 11.7. The molecule has 0 bridgehead atoms. The molecule has 0 atom stereocenters. The van der Waals surface area contributed by atoms with Gasteiger partial charge in [-0.15, -0.1) is 0 Å². The SMILES string of the molecule is CO[Si](OC)(OC)[Si](OC)(OC)OCCCCNCCN. The van der Waals surface area contributed by atoms with Gasteiger partial charge in [0.1, 0.15) is 0 Å². The Kier molecular flexibility index (Phi) is 11.7. The van der Waals surface area contributed by atoms with E-state index in [0.29, 0.717) is 13.2 Å². The topological polar surface area (TPSA) is 93.4 Å². The molecule has 0 aromatic rings. The third-order valence-corrected chi connectivity index (χ3v) is 12.8. The molecule has 8 nitrogen and oxygen atoms in total. The van der Waals surface area contributed by atoms with Gasteiger partial charge in [-0.25, -0.2) is 0 Å². The molecule has 0 heterocycles. The van der Waals surface area contributed by atoms with Gasteiger partial charge in [-0.2, -0.15) is 0 Å². The standard InChI is InChI=1S/C11H30N2O6Si2/c1-14-20(15-2,16-3)21(17-4,18-5)19-11-7-6-9-13-10-8-12/h13H,6-12H2,1-5H3. The fourth-order valence-electron chi connectivity index (χ4n) is 1.95. The lowest BCUT2D eigenvalue weighted by Gasteiger charge is -2.36. The van der Waals surface area contributed by atoms with Crippen LogP contribution in [0.25, 0.3) is 0 Å². The molecule has 0 fully saturated rings. The Morgan fingerprint density at radius 3 is 1.71 bits per heavy atom. The van der Waals surface area contributed by atoms with Crippen molar-refractivity contribution in [2.75, 3.05) is 61.8 Å². The Bertz CT molecular complexity index is 247. The number of rotatable bonds is 14. The Labute approximate surface area is 129 Å². The van der Waals surface area contributed by atoms with Gasteiger partial charge in [0.2, 0.25) is 0 Å². The molecule has 0 radical (unpaired) electrons. The second-order valence-electron chi connectivity index (χ2n) is 4.23. The van der Waals surface area contributed by atoms with Crippen LogP contribution in [0.3, 0.4) is 0 Å². The fraction of sp³-hybridized carbons (Fsp3) is 1.00. The van der Waals surface area contributed by atoms with Gasteiger partial charge < -0.3 is 37.6 Å². The third kappa shape index (κ3) is 5.67. The smallest absolute Gasteiger partial charge is 0.375 e. The number of nitrogens with two attached hydrogens (primary N) is 1. The summed E-state index contributed by atoms with van der Waals surface area (Å²) in [6.45, 7) is 2.85. The molecule has 0 aliphatic carbocycles. The highest BCUT2D eigenvalue weighted by molar-refractivity contribution is 7.26. The van der Waals surface area contributed by atoms with Crippen molar-refractivity contribution in [3.8, 4) is 0 Å². The summed E-state index contributed by atoms with van der Waals surface area (Å²) in [7, 11) is 1.28. The van der Waals surface area contributed by atoms with Gasteiger partial charge >= 0.3 is 16.6 Å². The Balaban J connectivity index is 4.46. The van der Waals surface area contributed by atoms with Crippen molar-refractivity contribution in [1.82, 2.24) is 5.32 Å². The van der Waals surface area contributed by atoms with Crippen LogP contribution in [0.1, 0.15) is 12.8 Å². The summed E-state index contributed by atoms with van der Waals surface area (Å²) in [5.41, 5.74) is 5.40. The van der Waals surface area contributed by atoms with Gasteiger partial charge in [0, 0.05) is 55.2 Å². The average molecular weight is 343 g/mol. The minimum Gasteiger partial charge on any atom is -0.375 e. The van der Waals surface area contributed by atoms with E-state index in [9.17, 15) is 0 Å². The molecular formula is C11H30N2O6Si2. The van der Waals surface area contributed by atoms with Crippen LogP contribution in [0.15, 0.2) is 0 Å². The van der Waals surface area contributed by atoms with Gasteiger partial charge in [0.05, 0.1) is 0 Å². The van der Waals surface area contributed by atoms with Gasteiger partial charge in [-0.3, -0.25) is 0 Å². The largest absolute Gasteiger partial charge is 0.577 e. The van der Waals surface area contributed by atoms with E-state index in [0.717, 1.165) is 25.9 Å². The third-order valence-electron chi connectivity index (χ3n) is 3.08. The summed E-state index contributed by atoms with van der Waals surface area (Å²) in [6, 6.07) is 0. The second-order valence-corrected chi connectivity index (χ2v) is 12.5. The zero-order chi connectivity index (χ0) is 16.2. The molecule has 10 heteroatoms. The van der Waals surface area contributed by atoms with Crippen molar-refractivity contribution in [3.05, 3.63) is 0 Å². The monoisotopic (exact) mass is 342 g/mol. The van der Waals surface area contributed by atoms with E-state index in [1.54, 1.807) is 0 Å². The first-order valence-electron chi connectivity index (χ1n) is 6.92. The van der Waals surface area contributed by atoms with Crippen molar-refractivity contribution in [2.24, 2.45) is 5.73 Å². The maximum atomic E-state index is 5.90. The molecule has 0 saturated heterocycles. The lowest BCUT2D eigenvalue weighted by molar-refractivity contribution is 0.0585. The zero-order valence-corrected chi connectivity index (χ0v) is 15.8. The Hall–Kier alpha value is 0.114. The normalized spacial score (nSPS) is 12.9. The molecule has 0 aromatic carbocycles. The summed E-state index contributed by atoms with van der Waals surface area (Å²) in [4.78, 5) is 0. The van der Waals surface area contributed by atoms with Crippen molar-refractivity contribution in [2.45, 2.75) is 12.8 Å². The highest BCUT2D eigenvalue weighted by Crippen LogP contribution is 2.24. The Morgan fingerprint density at radius 1 is 0.762 bits per heavy atom. The van der Waals surface area contributed by atoms with E-state index in [1.165, 1.54) is 35.5 Å². The zero-order valence-electron chi connectivity index (χ0n) is 13.8. The van der Waals surface area contributed by atoms with Crippen molar-refractivity contribution in [3.63, 3.8) is 0 Å². The minimum atomic E-state index is -3.17. The number of hydrogen-bond acceptors (Lipinski definition) is 8. The highest BCUT2D eigenvalue weighted by Gasteiger charge is 2.70. The van der Waals surface area contributed by atoms with Crippen LogP contribution >= 0.6 is 0 Å². The van der Waals surface area contributed by atoms with Crippen molar-refractivity contribution < 1.29 is 26.6 Å². The summed E-state index contributed by atoms with van der Waals surface area (Å²) < 4.78 is 33.3. The number of hydrogen-bond donors (Lipinski definition) is 2. The van der Waals surface area contributed by atoms with Gasteiger partial charge in [0.15, 0.2) is 0 Å². The average Bonchev–Trinajstić information content (AvgIpc) is 2.54. The van der Waals surface area contributed by atoms with Crippen LogP contribution in [0.5, 0.6) is 0 Å². The first-order chi connectivity index (χ1) is 10.1. The molecule has 128 valence electrons. The van der Waals surface area contributed by atoms with Crippen LogP contribution in [0.2, 0.25) is 0 Å².